The predicted octanol–water partition coefficient (Wildman–Crippen LogP) is 10.1. The summed E-state index contributed by atoms with van der Waals surface area (Å²) < 4.78 is 18.5. The zero-order valence-electron chi connectivity index (χ0n) is 30.8. The van der Waals surface area contributed by atoms with Gasteiger partial charge in [0.1, 0.15) is 0 Å². The minimum absolute atomic E-state index is 0.0376. The maximum Gasteiger partial charge on any atom is 0.311 e. The Labute approximate surface area is 291 Å². The van der Waals surface area contributed by atoms with Crippen molar-refractivity contribution in [3.63, 3.8) is 0 Å². The first-order chi connectivity index (χ1) is 22.2. The number of benzene rings is 1. The van der Waals surface area contributed by atoms with E-state index in [1.54, 1.807) is 0 Å². The van der Waals surface area contributed by atoms with Gasteiger partial charge in [-0.05, 0) is 119 Å². The Kier molecular flexibility index (Phi) is 16.1. The third kappa shape index (κ3) is 12.7. The molecule has 0 spiro atoms. The van der Waals surface area contributed by atoms with E-state index in [0.29, 0.717) is 36.7 Å². The number of rotatable bonds is 19. The molecule has 3 rings (SSSR count). The van der Waals surface area contributed by atoms with Crippen molar-refractivity contribution in [3.8, 4) is 0 Å². The second-order valence-corrected chi connectivity index (χ2v) is 17.0. The summed E-state index contributed by atoms with van der Waals surface area (Å²) in [5.41, 5.74) is 1.65. The van der Waals surface area contributed by atoms with E-state index in [9.17, 15) is 9.90 Å². The van der Waals surface area contributed by atoms with E-state index in [2.05, 4.69) is 78.1 Å². The summed E-state index contributed by atoms with van der Waals surface area (Å²) in [6.07, 6.45) is 8.40. The highest BCUT2D eigenvalue weighted by atomic mass is 32.2. The van der Waals surface area contributed by atoms with Crippen molar-refractivity contribution >= 4 is 17.7 Å². The van der Waals surface area contributed by atoms with Crippen LogP contribution in [0.3, 0.4) is 0 Å². The van der Waals surface area contributed by atoms with Crippen molar-refractivity contribution in [1.29, 1.82) is 0 Å². The predicted molar refractivity (Wildman–Crippen MR) is 197 cm³/mol. The molecular formula is C41H66O5S. The summed E-state index contributed by atoms with van der Waals surface area (Å²) in [4.78, 5) is 13.3. The van der Waals surface area contributed by atoms with E-state index in [1.807, 2.05) is 32.5 Å². The summed E-state index contributed by atoms with van der Waals surface area (Å²) in [6.45, 7) is 26.2. The zero-order valence-corrected chi connectivity index (χ0v) is 31.7. The van der Waals surface area contributed by atoms with E-state index in [1.165, 1.54) is 10.5 Å². The summed E-state index contributed by atoms with van der Waals surface area (Å²) >= 11 is 1.91. The fraction of sp³-hybridized carbons (Fsp3) is 0.732. The lowest BCUT2D eigenvalue weighted by molar-refractivity contribution is -0.153. The molecule has 2 heterocycles. The molecule has 0 radical (unpaired) electrons. The lowest BCUT2D eigenvalue weighted by atomic mass is 9.82. The smallest absolute Gasteiger partial charge is 0.311 e. The molecule has 1 N–H and O–H groups in total. The van der Waals surface area contributed by atoms with Crippen molar-refractivity contribution in [2.45, 2.75) is 149 Å². The summed E-state index contributed by atoms with van der Waals surface area (Å²) in [7, 11) is 0. The number of hydrogen-bond acceptors (Lipinski definition) is 6. The second-order valence-electron chi connectivity index (χ2n) is 15.9. The van der Waals surface area contributed by atoms with E-state index >= 15 is 0 Å². The van der Waals surface area contributed by atoms with Crippen molar-refractivity contribution in [2.24, 2.45) is 35.0 Å². The van der Waals surface area contributed by atoms with Crippen LogP contribution in [0.15, 0.2) is 59.5 Å². The molecule has 47 heavy (non-hydrogen) atoms. The Hall–Kier alpha value is -1.60. The summed E-state index contributed by atoms with van der Waals surface area (Å²) in [5.74, 6) is 3.04. The van der Waals surface area contributed by atoms with Gasteiger partial charge in [0.15, 0.2) is 0 Å². The molecule has 0 bridgehead atoms. The van der Waals surface area contributed by atoms with Gasteiger partial charge in [-0.3, -0.25) is 4.79 Å². The van der Waals surface area contributed by atoms with Gasteiger partial charge in [-0.2, -0.15) is 0 Å². The van der Waals surface area contributed by atoms with Crippen LogP contribution >= 0.6 is 11.8 Å². The molecule has 266 valence electrons. The molecule has 2 fully saturated rings. The Morgan fingerprint density at radius 3 is 2.43 bits per heavy atom. The Morgan fingerprint density at radius 2 is 1.77 bits per heavy atom. The number of esters is 1. The molecule has 10 atom stereocenters. The van der Waals surface area contributed by atoms with Crippen molar-refractivity contribution in [2.75, 3.05) is 12.4 Å². The minimum atomic E-state index is -0.567. The molecule has 1 aromatic carbocycles. The van der Waals surface area contributed by atoms with Gasteiger partial charge in [0.25, 0.3) is 0 Å². The minimum Gasteiger partial charge on any atom is -0.465 e. The number of aliphatic hydroxyl groups is 1. The van der Waals surface area contributed by atoms with Gasteiger partial charge in [0.05, 0.1) is 42.5 Å². The first-order valence-electron chi connectivity index (χ1n) is 18.4. The van der Waals surface area contributed by atoms with Crippen LogP contribution in [0, 0.1) is 35.0 Å². The number of aliphatic hydroxyl groups excluding tert-OH is 1. The van der Waals surface area contributed by atoms with Gasteiger partial charge >= 0.3 is 5.97 Å². The molecule has 0 amide bonds. The molecule has 2 aliphatic heterocycles. The van der Waals surface area contributed by atoms with Crippen LogP contribution in [-0.2, 0) is 19.0 Å². The van der Waals surface area contributed by atoms with Gasteiger partial charge < -0.3 is 19.3 Å². The molecule has 0 saturated carbocycles. The van der Waals surface area contributed by atoms with Gasteiger partial charge in [0.2, 0.25) is 0 Å². The first-order valence-corrected chi connectivity index (χ1v) is 19.4. The second kappa shape index (κ2) is 19.0. The number of ether oxygens (including phenoxy) is 3. The Balaban J connectivity index is 1.44. The highest BCUT2D eigenvalue weighted by Gasteiger charge is 2.43. The lowest BCUT2D eigenvalue weighted by Gasteiger charge is -2.27. The van der Waals surface area contributed by atoms with Crippen LogP contribution in [0.4, 0.5) is 0 Å². The van der Waals surface area contributed by atoms with Gasteiger partial charge in [0, 0.05) is 17.1 Å². The molecule has 2 saturated heterocycles. The van der Waals surface area contributed by atoms with E-state index in [-0.39, 0.29) is 36.3 Å². The SMILES string of the molecule is C=C(C(O)C[C@@H]1O[C@H](C[C@H](C)CC)[C@H](C)[C@H]1CSc1ccccc1)[C@H](C)C[C@H](C)CC[C@@H]1O[C@@H](CCCOC(=O)C(C)(C)C)CC1=C. The Bertz CT molecular complexity index is 1110. The molecule has 5 nitrogen and oxygen atoms in total. The lowest BCUT2D eigenvalue weighted by Crippen LogP contribution is -2.29. The zero-order chi connectivity index (χ0) is 34.7. The van der Waals surface area contributed by atoms with Crippen LogP contribution < -0.4 is 0 Å². The molecule has 0 aliphatic carbocycles. The van der Waals surface area contributed by atoms with Gasteiger partial charge in [-0.25, -0.2) is 0 Å². The van der Waals surface area contributed by atoms with Crippen molar-refractivity contribution in [3.05, 3.63) is 54.6 Å². The summed E-state index contributed by atoms with van der Waals surface area (Å²) in [5, 5.41) is 11.4. The topological polar surface area (TPSA) is 65.0 Å². The normalized spacial score (nSPS) is 27.4. The average molecular weight is 671 g/mol. The molecule has 2 aliphatic rings. The van der Waals surface area contributed by atoms with Crippen LogP contribution in [0.25, 0.3) is 0 Å². The Morgan fingerprint density at radius 1 is 1.06 bits per heavy atom. The van der Waals surface area contributed by atoms with Crippen LogP contribution in [0.1, 0.15) is 113 Å². The average Bonchev–Trinajstić information content (AvgIpc) is 3.53. The third-order valence-electron chi connectivity index (χ3n) is 10.6. The van der Waals surface area contributed by atoms with Crippen LogP contribution in [0.5, 0.6) is 0 Å². The van der Waals surface area contributed by atoms with Crippen molar-refractivity contribution in [1.82, 2.24) is 0 Å². The molecule has 1 unspecified atom stereocenters. The first kappa shape index (κ1) is 39.8. The molecular weight excluding hydrogens is 605 g/mol. The van der Waals surface area contributed by atoms with Crippen LogP contribution in [-0.4, -0.2) is 54.0 Å². The maximum atomic E-state index is 12.0. The van der Waals surface area contributed by atoms with Gasteiger partial charge in [-0.15, -0.1) is 11.8 Å². The standard InChI is InChI=1S/C41H66O5S/c1-11-27(2)23-38-32(7)35(26-47-34-17-13-12-14-18-34)39(46-38)25-36(42)31(6)29(4)22-28(3)19-20-37-30(5)24-33(45-37)16-15-21-44-40(43)41(8,9)10/h12-14,17-18,27-29,32-33,35-39,42H,5-6,11,15-16,19-26H2,1-4,7-10H3/t27-,28-,29-,32-,33+,35-,36?,37+,38-,39+/m1/s1. The summed E-state index contributed by atoms with van der Waals surface area (Å²) in [6, 6.07) is 10.6. The number of thioether (sulfide) groups is 1. The monoisotopic (exact) mass is 670 g/mol. The van der Waals surface area contributed by atoms with Crippen molar-refractivity contribution < 1.29 is 24.1 Å². The van der Waals surface area contributed by atoms with E-state index < -0.39 is 11.5 Å². The van der Waals surface area contributed by atoms with Gasteiger partial charge in [-0.1, -0.05) is 72.4 Å². The number of hydrogen-bond donors (Lipinski definition) is 1. The van der Waals surface area contributed by atoms with Crippen LogP contribution in [0.2, 0.25) is 0 Å². The molecule has 0 aromatic heterocycles. The largest absolute Gasteiger partial charge is 0.465 e. The fourth-order valence-corrected chi connectivity index (χ4v) is 8.29. The maximum absolute atomic E-state index is 12.0. The molecule has 6 heteroatoms. The molecule has 1 aromatic rings. The number of carbonyl (C=O) groups excluding carboxylic acids is 1. The fourth-order valence-electron chi connectivity index (χ4n) is 7.04. The highest BCUT2D eigenvalue weighted by molar-refractivity contribution is 7.99. The van der Waals surface area contributed by atoms with E-state index in [4.69, 9.17) is 14.2 Å². The quantitative estimate of drug-likeness (QED) is 0.0684. The number of carbonyl (C=O) groups is 1. The van der Waals surface area contributed by atoms with E-state index in [0.717, 1.165) is 62.7 Å². The highest BCUT2D eigenvalue weighted by Crippen LogP contribution is 2.42. The third-order valence-corrected chi connectivity index (χ3v) is 11.8.